The van der Waals surface area contributed by atoms with Crippen LogP contribution in [0.3, 0.4) is 0 Å². The summed E-state index contributed by atoms with van der Waals surface area (Å²) in [5, 5.41) is 11.9. The molecule has 1 aliphatic rings. The minimum atomic E-state index is -0.307. The molecule has 3 aromatic rings. The van der Waals surface area contributed by atoms with Crippen molar-refractivity contribution in [3.63, 3.8) is 0 Å². The van der Waals surface area contributed by atoms with Gasteiger partial charge in [-0.1, -0.05) is 36.4 Å². The molecule has 4 rings (SSSR count). The second kappa shape index (κ2) is 6.13. The van der Waals surface area contributed by atoms with Gasteiger partial charge in [0, 0.05) is 23.1 Å². The fourth-order valence-electron chi connectivity index (χ4n) is 3.51. The number of carbonyl (C=O) groups is 1. The Labute approximate surface area is 145 Å². The van der Waals surface area contributed by atoms with E-state index in [2.05, 4.69) is 0 Å². The lowest BCUT2D eigenvalue weighted by Crippen LogP contribution is -2.21. The predicted octanol–water partition coefficient (Wildman–Crippen LogP) is 4.39. The number of hydrogen-bond donors (Lipinski definition) is 1. The third-order valence-electron chi connectivity index (χ3n) is 4.55. The molecule has 3 aromatic carbocycles. The summed E-state index contributed by atoms with van der Waals surface area (Å²) in [5.74, 6) is 0.787. The summed E-state index contributed by atoms with van der Waals surface area (Å²) in [6.07, 6.45) is 0.242. The lowest BCUT2D eigenvalue weighted by Gasteiger charge is -2.27. The van der Waals surface area contributed by atoms with Gasteiger partial charge in [-0.25, -0.2) is 0 Å². The molecule has 0 saturated carbocycles. The highest BCUT2D eigenvalue weighted by atomic mass is 16.5. The van der Waals surface area contributed by atoms with Crippen molar-refractivity contribution in [2.45, 2.75) is 19.3 Å². The van der Waals surface area contributed by atoms with Crippen LogP contribution in [-0.2, 0) is 4.79 Å². The first-order valence-corrected chi connectivity index (χ1v) is 8.35. The summed E-state index contributed by atoms with van der Waals surface area (Å²) < 4.78 is 11.2. The van der Waals surface area contributed by atoms with E-state index in [9.17, 15) is 9.90 Å². The zero-order valence-corrected chi connectivity index (χ0v) is 13.9. The first-order valence-electron chi connectivity index (χ1n) is 8.35. The van der Waals surface area contributed by atoms with Crippen LogP contribution in [0.5, 0.6) is 17.2 Å². The molecule has 0 aliphatic carbocycles. The largest absolute Gasteiger partial charge is 0.508 e. The van der Waals surface area contributed by atoms with E-state index in [0.29, 0.717) is 12.4 Å². The Morgan fingerprint density at radius 3 is 2.84 bits per heavy atom. The first-order chi connectivity index (χ1) is 12.2. The molecule has 1 aliphatic heterocycles. The second-order valence-electron chi connectivity index (χ2n) is 6.08. The minimum absolute atomic E-state index is 0.0788. The van der Waals surface area contributed by atoms with Crippen molar-refractivity contribution in [3.8, 4) is 17.2 Å². The summed E-state index contributed by atoms with van der Waals surface area (Å²) in [6.45, 7) is 2.49. The average Bonchev–Trinajstić information content (AvgIpc) is 2.61. The zero-order chi connectivity index (χ0) is 17.4. The van der Waals surface area contributed by atoms with E-state index in [1.54, 1.807) is 6.07 Å². The summed E-state index contributed by atoms with van der Waals surface area (Å²) in [4.78, 5) is 12.2. The van der Waals surface area contributed by atoms with Crippen molar-refractivity contribution in [3.05, 3.63) is 65.7 Å². The van der Waals surface area contributed by atoms with Gasteiger partial charge in [-0.3, -0.25) is 4.79 Å². The Kier molecular flexibility index (Phi) is 3.80. The maximum absolute atomic E-state index is 12.2. The molecule has 126 valence electrons. The molecule has 1 unspecified atom stereocenters. The molecular weight excluding hydrogens is 316 g/mol. The van der Waals surface area contributed by atoms with E-state index >= 15 is 0 Å². The van der Waals surface area contributed by atoms with Gasteiger partial charge < -0.3 is 14.6 Å². The standard InChI is InChI=1S/C21H18O4/c1-2-24-18-10-7-13-5-3-4-6-15(13)21(18)17-12-20(23)25-19-11-14(22)8-9-16(17)19/h3-11,17,22H,2,12H2,1H3. The van der Waals surface area contributed by atoms with E-state index in [1.807, 2.05) is 49.4 Å². The summed E-state index contributed by atoms with van der Waals surface area (Å²) in [7, 11) is 0. The van der Waals surface area contributed by atoms with Crippen molar-refractivity contribution < 1.29 is 19.4 Å². The quantitative estimate of drug-likeness (QED) is 0.570. The number of benzene rings is 3. The van der Waals surface area contributed by atoms with E-state index in [-0.39, 0.29) is 24.1 Å². The van der Waals surface area contributed by atoms with E-state index in [4.69, 9.17) is 9.47 Å². The van der Waals surface area contributed by atoms with Crippen LogP contribution < -0.4 is 9.47 Å². The van der Waals surface area contributed by atoms with Crippen molar-refractivity contribution >= 4 is 16.7 Å². The van der Waals surface area contributed by atoms with Crippen molar-refractivity contribution in [2.24, 2.45) is 0 Å². The molecule has 0 amide bonds. The zero-order valence-electron chi connectivity index (χ0n) is 13.9. The minimum Gasteiger partial charge on any atom is -0.508 e. The predicted molar refractivity (Wildman–Crippen MR) is 95.3 cm³/mol. The smallest absolute Gasteiger partial charge is 0.312 e. The van der Waals surface area contributed by atoms with Gasteiger partial charge in [0.1, 0.15) is 17.2 Å². The SMILES string of the molecule is CCOc1ccc2ccccc2c1C1CC(=O)Oc2cc(O)ccc21. The van der Waals surface area contributed by atoms with Gasteiger partial charge in [0.2, 0.25) is 0 Å². The molecule has 0 radical (unpaired) electrons. The van der Waals surface area contributed by atoms with Gasteiger partial charge >= 0.3 is 5.97 Å². The third-order valence-corrected chi connectivity index (χ3v) is 4.55. The van der Waals surface area contributed by atoms with Crippen LogP contribution in [0.4, 0.5) is 0 Å². The van der Waals surface area contributed by atoms with Crippen molar-refractivity contribution in [1.82, 2.24) is 0 Å². The topological polar surface area (TPSA) is 55.8 Å². The summed E-state index contributed by atoms with van der Waals surface area (Å²) in [5.41, 5.74) is 1.87. The highest BCUT2D eigenvalue weighted by Crippen LogP contribution is 2.45. The highest BCUT2D eigenvalue weighted by Gasteiger charge is 2.31. The normalized spacial score (nSPS) is 16.4. The number of aromatic hydroxyl groups is 1. The lowest BCUT2D eigenvalue weighted by atomic mass is 9.83. The molecular formula is C21H18O4. The number of rotatable bonds is 3. The van der Waals surface area contributed by atoms with Gasteiger partial charge in [-0.2, -0.15) is 0 Å². The molecule has 0 fully saturated rings. The van der Waals surface area contributed by atoms with Crippen LogP contribution in [0.1, 0.15) is 30.4 Å². The van der Waals surface area contributed by atoms with Crippen LogP contribution in [0.25, 0.3) is 10.8 Å². The Bertz CT molecular complexity index is 961. The van der Waals surface area contributed by atoms with Crippen LogP contribution in [-0.4, -0.2) is 17.7 Å². The summed E-state index contributed by atoms with van der Waals surface area (Å²) >= 11 is 0. The molecule has 1 heterocycles. The van der Waals surface area contributed by atoms with E-state index < -0.39 is 0 Å². The average molecular weight is 334 g/mol. The van der Waals surface area contributed by atoms with Gasteiger partial charge in [0.25, 0.3) is 0 Å². The fraction of sp³-hybridized carbons (Fsp3) is 0.190. The molecule has 0 bridgehead atoms. The molecule has 1 atom stereocenters. The maximum atomic E-state index is 12.2. The number of carbonyl (C=O) groups excluding carboxylic acids is 1. The Morgan fingerprint density at radius 2 is 2.00 bits per heavy atom. The Morgan fingerprint density at radius 1 is 1.16 bits per heavy atom. The maximum Gasteiger partial charge on any atom is 0.312 e. The Balaban J connectivity index is 1.98. The van der Waals surface area contributed by atoms with Crippen LogP contribution in [0.2, 0.25) is 0 Å². The van der Waals surface area contributed by atoms with E-state index in [1.165, 1.54) is 6.07 Å². The summed E-state index contributed by atoms with van der Waals surface area (Å²) in [6, 6.07) is 17.0. The van der Waals surface area contributed by atoms with Gasteiger partial charge in [0.15, 0.2) is 0 Å². The Hall–Kier alpha value is -3.01. The third kappa shape index (κ3) is 2.70. The molecule has 25 heavy (non-hydrogen) atoms. The molecule has 0 spiro atoms. The second-order valence-corrected chi connectivity index (χ2v) is 6.08. The number of hydrogen-bond acceptors (Lipinski definition) is 4. The molecule has 0 aromatic heterocycles. The van der Waals surface area contributed by atoms with Crippen LogP contribution in [0, 0.1) is 0 Å². The molecule has 4 nitrogen and oxygen atoms in total. The van der Waals surface area contributed by atoms with Gasteiger partial charge in [0.05, 0.1) is 13.0 Å². The lowest BCUT2D eigenvalue weighted by molar-refractivity contribution is -0.135. The van der Waals surface area contributed by atoms with Gasteiger partial charge in [-0.05, 0) is 29.8 Å². The van der Waals surface area contributed by atoms with Crippen LogP contribution in [0.15, 0.2) is 54.6 Å². The monoisotopic (exact) mass is 334 g/mol. The first kappa shape index (κ1) is 15.5. The number of phenolic OH excluding ortho intramolecular Hbond substituents is 1. The van der Waals surface area contributed by atoms with Crippen molar-refractivity contribution in [1.29, 1.82) is 0 Å². The molecule has 4 heteroatoms. The van der Waals surface area contributed by atoms with Crippen molar-refractivity contribution in [2.75, 3.05) is 6.61 Å². The van der Waals surface area contributed by atoms with E-state index in [0.717, 1.165) is 27.6 Å². The van der Waals surface area contributed by atoms with Crippen LogP contribution >= 0.6 is 0 Å². The van der Waals surface area contributed by atoms with Gasteiger partial charge in [-0.15, -0.1) is 0 Å². The number of esters is 1. The highest BCUT2D eigenvalue weighted by molar-refractivity contribution is 5.90. The molecule has 0 saturated heterocycles. The number of fused-ring (bicyclic) bond motifs is 2. The fourth-order valence-corrected chi connectivity index (χ4v) is 3.51. The molecule has 1 N–H and O–H groups in total. The number of ether oxygens (including phenoxy) is 2. The number of phenols is 1.